The lowest BCUT2D eigenvalue weighted by Crippen LogP contribution is -2.26. The number of pyridine rings is 1. The lowest BCUT2D eigenvalue weighted by atomic mass is 10.0. The molecule has 1 aromatic carbocycles. The fourth-order valence-corrected chi connectivity index (χ4v) is 3.18. The van der Waals surface area contributed by atoms with Crippen molar-refractivity contribution in [2.24, 2.45) is 0 Å². The van der Waals surface area contributed by atoms with E-state index >= 15 is 0 Å². The van der Waals surface area contributed by atoms with Crippen LogP contribution in [0.2, 0.25) is 10.2 Å². The molecule has 2 aromatic heterocycles. The van der Waals surface area contributed by atoms with Gasteiger partial charge < -0.3 is 10.6 Å². The Bertz CT molecular complexity index is 1270. The molecule has 9 nitrogen and oxygen atoms in total. The lowest BCUT2D eigenvalue weighted by molar-refractivity contribution is 0.0959. The summed E-state index contributed by atoms with van der Waals surface area (Å²) in [4.78, 5) is 29.7. The van der Waals surface area contributed by atoms with E-state index in [1.807, 2.05) is 6.07 Å². The number of hydrogen-bond acceptors (Lipinski definition) is 6. The number of aromatic nitrogens is 3. The molecule has 0 unspecified atom stereocenters. The number of halogens is 2. The van der Waals surface area contributed by atoms with Crippen molar-refractivity contribution >= 4 is 40.7 Å². The first-order chi connectivity index (χ1) is 14.8. The van der Waals surface area contributed by atoms with E-state index in [1.54, 1.807) is 25.1 Å². The normalized spacial score (nSPS) is 10.1. The zero-order valence-electron chi connectivity index (χ0n) is 16.0. The molecule has 0 radical (unpaired) electrons. The topological polar surface area (TPSA) is 136 Å². The van der Waals surface area contributed by atoms with Gasteiger partial charge in [-0.05, 0) is 36.8 Å². The lowest BCUT2D eigenvalue weighted by Gasteiger charge is -2.15. The molecule has 3 rings (SSSR count). The fourth-order valence-electron chi connectivity index (χ4n) is 2.80. The quantitative estimate of drug-likeness (QED) is 0.568. The Hall–Kier alpha value is -3.92. The van der Waals surface area contributed by atoms with Crippen LogP contribution in [0.15, 0.2) is 36.5 Å². The second kappa shape index (κ2) is 9.26. The molecule has 0 saturated carbocycles. The maximum absolute atomic E-state index is 13.1. The smallest absolute Gasteiger partial charge is 0.274 e. The molecule has 2 heterocycles. The highest BCUT2D eigenvalue weighted by molar-refractivity contribution is 6.32. The summed E-state index contributed by atoms with van der Waals surface area (Å²) < 4.78 is 1.19. The third-order valence-corrected chi connectivity index (χ3v) is 4.61. The Balaban J connectivity index is 2.04. The Morgan fingerprint density at radius 2 is 1.97 bits per heavy atom. The molecule has 0 spiro atoms. The summed E-state index contributed by atoms with van der Waals surface area (Å²) in [6, 6.07) is 11.2. The third-order valence-electron chi connectivity index (χ3n) is 4.13. The van der Waals surface area contributed by atoms with Crippen molar-refractivity contribution in [1.82, 2.24) is 20.1 Å². The maximum Gasteiger partial charge on any atom is 0.274 e. The van der Waals surface area contributed by atoms with Gasteiger partial charge in [-0.25, -0.2) is 9.67 Å². The van der Waals surface area contributed by atoms with Crippen LogP contribution in [0.5, 0.6) is 0 Å². The number of aryl methyl sites for hydroxylation is 1. The predicted octanol–water partition coefficient (Wildman–Crippen LogP) is 3.26. The van der Waals surface area contributed by atoms with Crippen molar-refractivity contribution in [3.8, 4) is 18.0 Å². The number of amides is 2. The van der Waals surface area contributed by atoms with Gasteiger partial charge in [-0.1, -0.05) is 23.2 Å². The molecule has 0 bridgehead atoms. The average molecular weight is 454 g/mol. The van der Waals surface area contributed by atoms with Gasteiger partial charge in [0, 0.05) is 12.3 Å². The zero-order valence-corrected chi connectivity index (χ0v) is 17.5. The summed E-state index contributed by atoms with van der Waals surface area (Å²) in [5.41, 5.74) is 0.940. The zero-order chi connectivity index (χ0) is 22.5. The number of nitrogens with one attached hydrogen (secondary N) is 2. The SMILES string of the molecule is Cc1cc(C#N)cc(C(=O)NCC#N)c1NC(=O)c1cc(Cl)nn1-c1ncccc1Cl. The van der Waals surface area contributed by atoms with Crippen molar-refractivity contribution in [3.63, 3.8) is 0 Å². The molecule has 3 aromatic rings. The van der Waals surface area contributed by atoms with Crippen molar-refractivity contribution in [3.05, 3.63) is 69.1 Å². The van der Waals surface area contributed by atoms with Crippen LogP contribution in [0.4, 0.5) is 5.69 Å². The maximum atomic E-state index is 13.1. The summed E-state index contributed by atoms with van der Waals surface area (Å²) >= 11 is 12.2. The molecule has 0 aliphatic heterocycles. The van der Waals surface area contributed by atoms with Crippen LogP contribution in [-0.4, -0.2) is 33.1 Å². The number of nitrogens with zero attached hydrogens (tertiary/aromatic N) is 5. The van der Waals surface area contributed by atoms with E-state index in [0.29, 0.717) is 5.56 Å². The van der Waals surface area contributed by atoms with Gasteiger partial charge in [-0.15, -0.1) is 0 Å². The van der Waals surface area contributed by atoms with Gasteiger partial charge in [-0.3, -0.25) is 9.59 Å². The number of rotatable bonds is 5. The van der Waals surface area contributed by atoms with Crippen LogP contribution in [0.1, 0.15) is 32.0 Å². The van der Waals surface area contributed by atoms with Crippen LogP contribution in [0.25, 0.3) is 5.82 Å². The third kappa shape index (κ3) is 4.64. The number of nitriles is 2. The van der Waals surface area contributed by atoms with Gasteiger partial charge in [0.1, 0.15) is 12.2 Å². The highest BCUT2D eigenvalue weighted by Gasteiger charge is 2.22. The predicted molar refractivity (Wildman–Crippen MR) is 113 cm³/mol. The van der Waals surface area contributed by atoms with Gasteiger partial charge in [0.2, 0.25) is 0 Å². The Morgan fingerprint density at radius 3 is 2.65 bits per heavy atom. The van der Waals surface area contributed by atoms with Crippen molar-refractivity contribution in [2.75, 3.05) is 11.9 Å². The first-order valence-electron chi connectivity index (χ1n) is 8.73. The minimum absolute atomic E-state index is 0.0257. The summed E-state index contributed by atoms with van der Waals surface area (Å²) in [6.07, 6.45) is 1.49. The first-order valence-corrected chi connectivity index (χ1v) is 9.49. The Labute approximate surface area is 186 Å². The number of anilines is 1. The summed E-state index contributed by atoms with van der Waals surface area (Å²) in [5, 5.41) is 27.4. The second-order valence-corrected chi connectivity index (χ2v) is 6.99. The van der Waals surface area contributed by atoms with Gasteiger partial charge >= 0.3 is 0 Å². The highest BCUT2D eigenvalue weighted by atomic mass is 35.5. The molecule has 0 atom stereocenters. The minimum Gasteiger partial charge on any atom is -0.339 e. The molecule has 0 saturated heterocycles. The molecular weight excluding hydrogens is 441 g/mol. The average Bonchev–Trinajstić information content (AvgIpc) is 3.14. The molecule has 2 amide bonds. The molecular formula is C20H13Cl2N7O2. The monoisotopic (exact) mass is 453 g/mol. The molecule has 31 heavy (non-hydrogen) atoms. The minimum atomic E-state index is -0.636. The Kier molecular flexibility index (Phi) is 6.51. The summed E-state index contributed by atoms with van der Waals surface area (Å²) in [6.45, 7) is 1.40. The summed E-state index contributed by atoms with van der Waals surface area (Å²) in [5.74, 6) is -1.05. The fraction of sp³-hybridized carbons (Fsp3) is 0.100. The van der Waals surface area contributed by atoms with Crippen LogP contribution in [0.3, 0.4) is 0 Å². The molecule has 0 aliphatic rings. The van der Waals surface area contributed by atoms with E-state index in [4.69, 9.17) is 28.5 Å². The van der Waals surface area contributed by atoms with Crippen LogP contribution in [-0.2, 0) is 0 Å². The summed E-state index contributed by atoms with van der Waals surface area (Å²) in [7, 11) is 0. The van der Waals surface area contributed by atoms with E-state index in [-0.39, 0.29) is 45.0 Å². The van der Waals surface area contributed by atoms with E-state index < -0.39 is 11.8 Å². The van der Waals surface area contributed by atoms with Gasteiger partial charge in [0.15, 0.2) is 11.0 Å². The highest BCUT2D eigenvalue weighted by Crippen LogP contribution is 2.26. The van der Waals surface area contributed by atoms with Gasteiger partial charge in [-0.2, -0.15) is 15.6 Å². The van der Waals surface area contributed by atoms with Crippen molar-refractivity contribution < 1.29 is 9.59 Å². The van der Waals surface area contributed by atoms with Crippen LogP contribution >= 0.6 is 23.2 Å². The molecule has 154 valence electrons. The number of carbonyl (C=O) groups is 2. The standard InChI is InChI=1S/C20H13Cl2N7O2/c1-11-7-12(10-24)8-13(19(30)26-6-4-23)17(11)27-20(31)15-9-16(22)28-29(15)18-14(21)3-2-5-25-18/h2-3,5,7-9H,6H2,1H3,(H,26,30)(H,27,31). The molecule has 11 heteroatoms. The number of benzene rings is 1. The van der Waals surface area contributed by atoms with E-state index in [2.05, 4.69) is 20.7 Å². The van der Waals surface area contributed by atoms with Gasteiger partial charge in [0.25, 0.3) is 11.8 Å². The van der Waals surface area contributed by atoms with Crippen LogP contribution < -0.4 is 10.6 Å². The van der Waals surface area contributed by atoms with E-state index in [0.717, 1.165) is 0 Å². The van der Waals surface area contributed by atoms with Crippen LogP contribution in [0, 0.1) is 29.6 Å². The largest absolute Gasteiger partial charge is 0.339 e. The van der Waals surface area contributed by atoms with Crippen molar-refractivity contribution in [1.29, 1.82) is 10.5 Å². The second-order valence-electron chi connectivity index (χ2n) is 6.20. The van der Waals surface area contributed by atoms with E-state index in [9.17, 15) is 14.9 Å². The van der Waals surface area contributed by atoms with Crippen molar-refractivity contribution in [2.45, 2.75) is 6.92 Å². The molecule has 2 N–H and O–H groups in total. The first kappa shape index (κ1) is 21.8. The number of hydrogen-bond donors (Lipinski definition) is 2. The molecule has 0 fully saturated rings. The Morgan fingerprint density at radius 1 is 1.19 bits per heavy atom. The van der Waals surface area contributed by atoms with E-state index in [1.165, 1.54) is 29.1 Å². The number of carbonyl (C=O) groups excluding carboxylic acids is 2. The van der Waals surface area contributed by atoms with Gasteiger partial charge in [0.05, 0.1) is 34.0 Å². The molecule has 0 aliphatic carbocycles.